The minimum atomic E-state index is -0.306. The number of imidazole rings is 1. The molecule has 0 spiro atoms. The minimum Gasteiger partial charge on any atom is -0.344 e. The number of H-pyrrole nitrogens is 1. The number of benzene rings is 1. The lowest BCUT2D eigenvalue weighted by Gasteiger charge is -1.85. The van der Waals surface area contributed by atoms with Crippen molar-refractivity contribution < 1.29 is 4.39 Å². The molecule has 0 bridgehead atoms. The summed E-state index contributed by atoms with van der Waals surface area (Å²) in [6, 6.07) is 5.35. The van der Waals surface area contributed by atoms with Crippen LogP contribution in [0, 0.1) is 11.9 Å². The van der Waals surface area contributed by atoms with Crippen molar-refractivity contribution in [2.45, 2.75) is 0 Å². The van der Waals surface area contributed by atoms with Gasteiger partial charge in [0.15, 0.2) is 0 Å². The Morgan fingerprint density at radius 2 is 2.50 bits per heavy atom. The molecule has 1 heterocycles. The summed E-state index contributed by atoms with van der Waals surface area (Å²) in [6.45, 7) is 0. The van der Waals surface area contributed by atoms with Crippen molar-refractivity contribution in [2.75, 3.05) is 0 Å². The fraction of sp³-hybridized carbons (Fsp3) is 0. The predicted octanol–water partition coefficient (Wildman–Crippen LogP) is 1.50. The van der Waals surface area contributed by atoms with Crippen LogP contribution in [0.25, 0.3) is 11.0 Å². The Bertz CT molecular complexity index is 353. The lowest BCUT2D eigenvalue weighted by atomic mass is 10.3. The third-order valence-corrected chi connectivity index (χ3v) is 1.30. The number of nitrogens with zero attached hydrogens (tertiary/aromatic N) is 1. The van der Waals surface area contributed by atoms with Crippen LogP contribution >= 0.6 is 0 Å². The highest BCUT2D eigenvalue weighted by molar-refractivity contribution is 5.73. The topological polar surface area (TPSA) is 28.7 Å². The summed E-state index contributed by atoms with van der Waals surface area (Å²) in [5.74, 6) is -0.306. The smallest absolute Gasteiger partial charge is 0.126 e. The maximum absolute atomic E-state index is 12.4. The second-order valence-corrected chi connectivity index (χ2v) is 1.98. The molecule has 10 heavy (non-hydrogen) atoms. The number of fused-ring (bicyclic) bond motifs is 1. The summed E-state index contributed by atoms with van der Waals surface area (Å²) in [6.07, 6.45) is 1.51. The van der Waals surface area contributed by atoms with Gasteiger partial charge in [0.05, 0.1) is 17.4 Å². The van der Waals surface area contributed by atoms with Gasteiger partial charge in [-0.25, -0.2) is 9.37 Å². The second-order valence-electron chi connectivity index (χ2n) is 1.98. The Morgan fingerprint density at radius 3 is 3.40 bits per heavy atom. The van der Waals surface area contributed by atoms with Crippen molar-refractivity contribution in [1.82, 2.24) is 9.97 Å². The first-order valence-corrected chi connectivity index (χ1v) is 2.86. The summed E-state index contributed by atoms with van der Waals surface area (Å²) < 4.78 is 12.4. The van der Waals surface area contributed by atoms with E-state index in [0.29, 0.717) is 5.52 Å². The normalized spacial score (nSPS) is 10.5. The molecular weight excluding hydrogens is 131 g/mol. The van der Waals surface area contributed by atoms with Gasteiger partial charge in [-0.05, 0) is 6.07 Å². The zero-order valence-corrected chi connectivity index (χ0v) is 5.06. The predicted molar refractivity (Wildman–Crippen MR) is 34.9 cm³/mol. The molecule has 1 radical (unpaired) electrons. The molecule has 2 aromatic rings. The second kappa shape index (κ2) is 1.80. The molecule has 0 saturated carbocycles. The van der Waals surface area contributed by atoms with E-state index in [9.17, 15) is 4.39 Å². The molecule has 49 valence electrons. The van der Waals surface area contributed by atoms with Gasteiger partial charge < -0.3 is 4.98 Å². The largest absolute Gasteiger partial charge is 0.344 e. The van der Waals surface area contributed by atoms with E-state index in [1.165, 1.54) is 18.5 Å². The monoisotopic (exact) mass is 135 g/mol. The van der Waals surface area contributed by atoms with Crippen molar-refractivity contribution in [2.24, 2.45) is 0 Å². The van der Waals surface area contributed by atoms with E-state index >= 15 is 0 Å². The average molecular weight is 135 g/mol. The van der Waals surface area contributed by atoms with Crippen LogP contribution in [0.1, 0.15) is 0 Å². The Labute approximate surface area is 56.7 Å². The third kappa shape index (κ3) is 0.673. The van der Waals surface area contributed by atoms with E-state index in [-0.39, 0.29) is 5.82 Å². The molecule has 0 aliphatic rings. The maximum atomic E-state index is 12.4. The molecule has 0 atom stereocenters. The zero-order valence-electron chi connectivity index (χ0n) is 5.06. The molecule has 0 fully saturated rings. The van der Waals surface area contributed by atoms with Crippen LogP contribution in [0.2, 0.25) is 0 Å². The van der Waals surface area contributed by atoms with Gasteiger partial charge >= 0.3 is 0 Å². The number of rotatable bonds is 0. The van der Waals surface area contributed by atoms with Crippen molar-refractivity contribution in [3.63, 3.8) is 0 Å². The van der Waals surface area contributed by atoms with Gasteiger partial charge in [-0.15, -0.1) is 0 Å². The molecule has 0 aliphatic carbocycles. The van der Waals surface area contributed by atoms with Crippen molar-refractivity contribution in [3.8, 4) is 0 Å². The van der Waals surface area contributed by atoms with E-state index < -0.39 is 0 Å². The molecule has 3 heteroatoms. The van der Waals surface area contributed by atoms with Gasteiger partial charge in [0.2, 0.25) is 0 Å². The van der Waals surface area contributed by atoms with Crippen molar-refractivity contribution in [3.05, 3.63) is 30.3 Å². The number of aromatic nitrogens is 2. The van der Waals surface area contributed by atoms with Crippen LogP contribution in [0.3, 0.4) is 0 Å². The summed E-state index contributed by atoms with van der Waals surface area (Å²) >= 11 is 0. The molecule has 1 aromatic heterocycles. The zero-order chi connectivity index (χ0) is 6.97. The number of nitrogens with one attached hydrogen (secondary N) is 1. The Kier molecular flexibility index (Phi) is 0.974. The van der Waals surface area contributed by atoms with Crippen LogP contribution in [-0.2, 0) is 0 Å². The molecule has 0 unspecified atom stereocenters. The van der Waals surface area contributed by atoms with Gasteiger partial charge in [0, 0.05) is 12.1 Å². The van der Waals surface area contributed by atoms with Gasteiger partial charge in [0.1, 0.15) is 5.82 Å². The number of halogens is 1. The summed E-state index contributed by atoms with van der Waals surface area (Å²) in [7, 11) is 0. The average Bonchev–Trinajstić information content (AvgIpc) is 2.33. The Hall–Kier alpha value is -1.38. The van der Waals surface area contributed by atoms with Crippen LogP contribution in [0.15, 0.2) is 18.5 Å². The van der Waals surface area contributed by atoms with E-state index in [1.54, 1.807) is 0 Å². The first-order chi connectivity index (χ1) is 4.86. The molecule has 2 nitrogen and oxygen atoms in total. The van der Waals surface area contributed by atoms with E-state index in [1.807, 2.05) is 0 Å². The number of hydrogen-bond acceptors (Lipinski definition) is 1. The highest BCUT2D eigenvalue weighted by Crippen LogP contribution is 2.08. The molecule has 0 amide bonds. The van der Waals surface area contributed by atoms with Crippen LogP contribution < -0.4 is 0 Å². The molecule has 0 aliphatic heterocycles. The maximum Gasteiger partial charge on any atom is 0.126 e. The van der Waals surface area contributed by atoms with Gasteiger partial charge in [-0.2, -0.15) is 0 Å². The van der Waals surface area contributed by atoms with E-state index in [4.69, 9.17) is 0 Å². The Morgan fingerprint density at radius 1 is 1.60 bits per heavy atom. The molecule has 1 N–H and O–H groups in total. The SMILES string of the molecule is Fc1c[c]c2[nH]cnc2c1. The summed E-state index contributed by atoms with van der Waals surface area (Å²) in [5, 5.41) is 0. The first-order valence-electron chi connectivity index (χ1n) is 2.86. The molecule has 2 rings (SSSR count). The molecule has 0 saturated heterocycles. The highest BCUT2D eigenvalue weighted by atomic mass is 19.1. The number of hydrogen-bond donors (Lipinski definition) is 1. The lowest BCUT2D eigenvalue weighted by Crippen LogP contribution is -1.73. The fourth-order valence-electron chi connectivity index (χ4n) is 0.843. The number of aromatic amines is 1. The molecular formula is C7H4FN2. The van der Waals surface area contributed by atoms with Gasteiger partial charge in [0.25, 0.3) is 0 Å². The van der Waals surface area contributed by atoms with Crippen LogP contribution in [-0.4, -0.2) is 9.97 Å². The standard InChI is InChI=1S/C7H4FN2/c8-5-1-2-6-7(3-5)10-4-9-6/h1,3-4H,(H,9,10). The fourth-order valence-corrected chi connectivity index (χ4v) is 0.843. The minimum absolute atomic E-state index is 0.306. The van der Waals surface area contributed by atoms with Gasteiger partial charge in [-0.1, -0.05) is 0 Å². The molecule has 1 aromatic carbocycles. The highest BCUT2D eigenvalue weighted by Gasteiger charge is 1.95. The van der Waals surface area contributed by atoms with E-state index in [0.717, 1.165) is 5.52 Å². The summed E-state index contributed by atoms with van der Waals surface area (Å²) in [5.41, 5.74) is 1.35. The van der Waals surface area contributed by atoms with E-state index in [2.05, 4.69) is 16.0 Å². The summed E-state index contributed by atoms with van der Waals surface area (Å²) in [4.78, 5) is 6.67. The van der Waals surface area contributed by atoms with Crippen LogP contribution in [0.4, 0.5) is 4.39 Å². The van der Waals surface area contributed by atoms with Gasteiger partial charge in [-0.3, -0.25) is 0 Å². The first kappa shape index (κ1) is 5.41. The Balaban J connectivity index is 2.86. The van der Waals surface area contributed by atoms with Crippen LogP contribution in [0.5, 0.6) is 0 Å². The van der Waals surface area contributed by atoms with Crippen molar-refractivity contribution in [1.29, 1.82) is 0 Å². The lowest BCUT2D eigenvalue weighted by molar-refractivity contribution is 0.629. The van der Waals surface area contributed by atoms with Crippen molar-refractivity contribution >= 4 is 11.0 Å². The quantitative estimate of drug-likeness (QED) is 0.582. The third-order valence-electron chi connectivity index (χ3n) is 1.30.